The number of hydrogen-bond acceptors (Lipinski definition) is 2. The number of carbonyl (C=O) groups excluding carboxylic acids is 1. The van der Waals surface area contributed by atoms with E-state index in [9.17, 15) is 4.79 Å². The van der Waals surface area contributed by atoms with Crippen molar-refractivity contribution in [1.29, 1.82) is 0 Å². The minimum atomic E-state index is -0.0858. The van der Waals surface area contributed by atoms with Gasteiger partial charge in [-0.05, 0) is 38.5 Å². The summed E-state index contributed by atoms with van der Waals surface area (Å²) in [6, 6.07) is 0. The van der Waals surface area contributed by atoms with Crippen LogP contribution in [0.4, 0.5) is 0 Å². The second kappa shape index (κ2) is 5.61. The standard InChI is InChI=1S/C16H24O2/c1-7-8-9-12(4)18-15(17)14-13(10-11(2)3)16(14,5)6/h1,10,12-14H,8-9H2,2-6H3. The van der Waals surface area contributed by atoms with Crippen molar-refractivity contribution in [2.24, 2.45) is 17.3 Å². The molecule has 1 aliphatic carbocycles. The largest absolute Gasteiger partial charge is 0.462 e. The van der Waals surface area contributed by atoms with Gasteiger partial charge in [-0.3, -0.25) is 4.79 Å². The molecule has 0 N–H and O–H groups in total. The maximum atomic E-state index is 12.1. The first kappa shape index (κ1) is 14.8. The quantitative estimate of drug-likeness (QED) is 0.422. The lowest BCUT2D eigenvalue weighted by Gasteiger charge is -2.12. The lowest BCUT2D eigenvalue weighted by atomic mass is 10.1. The molecular weight excluding hydrogens is 224 g/mol. The molecule has 1 rings (SSSR count). The Morgan fingerprint density at radius 2 is 2.11 bits per heavy atom. The summed E-state index contributed by atoms with van der Waals surface area (Å²) in [4.78, 5) is 12.1. The zero-order valence-corrected chi connectivity index (χ0v) is 12.1. The Bertz CT molecular complexity index is 380. The van der Waals surface area contributed by atoms with Gasteiger partial charge < -0.3 is 4.74 Å². The van der Waals surface area contributed by atoms with Crippen molar-refractivity contribution in [2.75, 3.05) is 0 Å². The first-order valence-electron chi connectivity index (χ1n) is 6.59. The zero-order valence-electron chi connectivity index (χ0n) is 12.1. The van der Waals surface area contributed by atoms with Crippen LogP contribution in [0.3, 0.4) is 0 Å². The Balaban J connectivity index is 2.54. The van der Waals surface area contributed by atoms with E-state index >= 15 is 0 Å². The molecule has 1 fully saturated rings. The van der Waals surface area contributed by atoms with Crippen molar-refractivity contribution in [2.45, 2.75) is 53.6 Å². The minimum absolute atomic E-state index is 0.000635. The van der Waals surface area contributed by atoms with Crippen molar-refractivity contribution in [1.82, 2.24) is 0 Å². The van der Waals surface area contributed by atoms with Crippen LogP contribution in [0.1, 0.15) is 47.5 Å². The fourth-order valence-corrected chi connectivity index (χ4v) is 2.42. The van der Waals surface area contributed by atoms with Gasteiger partial charge in [-0.1, -0.05) is 25.5 Å². The molecule has 1 saturated carbocycles. The van der Waals surface area contributed by atoms with Gasteiger partial charge >= 0.3 is 5.97 Å². The summed E-state index contributed by atoms with van der Waals surface area (Å²) in [6.45, 7) is 10.3. The maximum Gasteiger partial charge on any atom is 0.310 e. The van der Waals surface area contributed by atoms with Gasteiger partial charge in [0.25, 0.3) is 0 Å². The average Bonchev–Trinajstić information content (AvgIpc) is 2.76. The second-order valence-corrected chi connectivity index (χ2v) is 6.06. The first-order chi connectivity index (χ1) is 8.30. The number of ether oxygens (including phenoxy) is 1. The van der Waals surface area contributed by atoms with E-state index in [1.807, 2.05) is 6.92 Å². The second-order valence-electron chi connectivity index (χ2n) is 6.06. The molecule has 3 atom stereocenters. The molecule has 100 valence electrons. The third kappa shape index (κ3) is 3.38. The predicted molar refractivity (Wildman–Crippen MR) is 73.8 cm³/mol. The predicted octanol–water partition coefficient (Wildman–Crippen LogP) is 3.57. The van der Waals surface area contributed by atoms with E-state index in [1.165, 1.54) is 5.57 Å². The molecule has 18 heavy (non-hydrogen) atoms. The molecule has 0 radical (unpaired) electrons. The molecule has 2 heteroatoms. The van der Waals surface area contributed by atoms with Crippen LogP contribution in [-0.4, -0.2) is 12.1 Å². The van der Waals surface area contributed by atoms with Crippen LogP contribution in [0.25, 0.3) is 0 Å². The van der Waals surface area contributed by atoms with Crippen LogP contribution in [0.15, 0.2) is 11.6 Å². The van der Waals surface area contributed by atoms with Gasteiger partial charge in [0.1, 0.15) is 0 Å². The van der Waals surface area contributed by atoms with Crippen LogP contribution in [0, 0.1) is 29.6 Å². The summed E-state index contributed by atoms with van der Waals surface area (Å²) in [5.41, 5.74) is 1.28. The lowest BCUT2D eigenvalue weighted by Crippen LogP contribution is -2.18. The van der Waals surface area contributed by atoms with Crippen LogP contribution < -0.4 is 0 Å². The average molecular weight is 248 g/mol. The van der Waals surface area contributed by atoms with Gasteiger partial charge in [0.2, 0.25) is 0 Å². The van der Waals surface area contributed by atoms with E-state index in [1.54, 1.807) is 0 Å². The molecule has 0 bridgehead atoms. The molecule has 0 aromatic heterocycles. The Morgan fingerprint density at radius 3 is 2.61 bits per heavy atom. The molecule has 0 aromatic rings. The number of esters is 1. The van der Waals surface area contributed by atoms with E-state index in [0.717, 1.165) is 6.42 Å². The van der Waals surface area contributed by atoms with Gasteiger partial charge in [0, 0.05) is 6.42 Å². The molecule has 0 aliphatic heterocycles. The van der Waals surface area contributed by atoms with Gasteiger partial charge in [0.15, 0.2) is 0 Å². The van der Waals surface area contributed by atoms with Gasteiger partial charge in [0.05, 0.1) is 12.0 Å². The zero-order chi connectivity index (χ0) is 13.9. The highest BCUT2D eigenvalue weighted by atomic mass is 16.5. The minimum Gasteiger partial charge on any atom is -0.462 e. The van der Waals surface area contributed by atoms with Crippen LogP contribution in [0.2, 0.25) is 0 Å². The first-order valence-corrected chi connectivity index (χ1v) is 6.59. The molecule has 0 aromatic carbocycles. The highest BCUT2D eigenvalue weighted by Crippen LogP contribution is 2.59. The molecule has 1 aliphatic rings. The van der Waals surface area contributed by atoms with Crippen LogP contribution in [-0.2, 0) is 9.53 Å². The number of hydrogen-bond donors (Lipinski definition) is 0. The highest BCUT2D eigenvalue weighted by molar-refractivity contribution is 5.78. The molecule has 0 amide bonds. The smallest absolute Gasteiger partial charge is 0.310 e. The summed E-state index contributed by atoms with van der Waals surface area (Å²) in [5.74, 6) is 2.81. The monoisotopic (exact) mass is 248 g/mol. The van der Waals surface area contributed by atoms with Gasteiger partial charge in [-0.15, -0.1) is 12.3 Å². The van der Waals surface area contributed by atoms with E-state index in [-0.39, 0.29) is 23.4 Å². The maximum absolute atomic E-state index is 12.1. The fourth-order valence-electron chi connectivity index (χ4n) is 2.42. The SMILES string of the molecule is C#CCCC(C)OC(=O)C1C(C=C(C)C)C1(C)C. The van der Waals surface area contributed by atoms with E-state index < -0.39 is 0 Å². The van der Waals surface area contributed by atoms with Crippen LogP contribution >= 0.6 is 0 Å². The van der Waals surface area contributed by atoms with Crippen molar-refractivity contribution in [3.05, 3.63) is 11.6 Å². The third-order valence-corrected chi connectivity index (χ3v) is 3.69. The third-order valence-electron chi connectivity index (χ3n) is 3.69. The summed E-state index contributed by atoms with van der Waals surface area (Å²) in [5, 5.41) is 0. The van der Waals surface area contributed by atoms with E-state index in [0.29, 0.717) is 12.3 Å². The molecular formula is C16H24O2. The molecule has 0 spiro atoms. The van der Waals surface area contributed by atoms with E-state index in [4.69, 9.17) is 11.2 Å². The molecule has 3 unspecified atom stereocenters. The van der Waals surface area contributed by atoms with Crippen LogP contribution in [0.5, 0.6) is 0 Å². The Kier molecular flexibility index (Phi) is 4.62. The topological polar surface area (TPSA) is 26.3 Å². The Labute approximate surface area is 111 Å². The molecule has 0 heterocycles. The summed E-state index contributed by atoms with van der Waals surface area (Å²) in [7, 11) is 0. The molecule has 2 nitrogen and oxygen atoms in total. The Hall–Kier alpha value is -1.23. The number of rotatable bonds is 5. The van der Waals surface area contributed by atoms with E-state index in [2.05, 4.69) is 39.7 Å². The Morgan fingerprint density at radius 1 is 1.50 bits per heavy atom. The fraction of sp³-hybridized carbons (Fsp3) is 0.688. The summed E-state index contributed by atoms with van der Waals surface area (Å²) >= 11 is 0. The van der Waals surface area contributed by atoms with Gasteiger partial charge in [-0.25, -0.2) is 0 Å². The highest BCUT2D eigenvalue weighted by Gasteiger charge is 2.61. The number of allylic oxidation sites excluding steroid dienone is 2. The lowest BCUT2D eigenvalue weighted by molar-refractivity contribution is -0.151. The van der Waals surface area contributed by atoms with Crippen molar-refractivity contribution >= 4 is 5.97 Å². The number of terminal acetylenes is 1. The van der Waals surface area contributed by atoms with Crippen molar-refractivity contribution in [3.8, 4) is 12.3 Å². The summed E-state index contributed by atoms with van der Waals surface area (Å²) < 4.78 is 5.46. The molecule has 0 saturated heterocycles. The van der Waals surface area contributed by atoms with Crippen molar-refractivity contribution < 1.29 is 9.53 Å². The summed E-state index contributed by atoms with van der Waals surface area (Å²) in [6.07, 6.45) is 8.69. The number of carbonyl (C=O) groups is 1. The normalized spacial score (nSPS) is 25.8. The van der Waals surface area contributed by atoms with Crippen molar-refractivity contribution in [3.63, 3.8) is 0 Å². The van der Waals surface area contributed by atoms with Gasteiger partial charge in [-0.2, -0.15) is 0 Å².